The lowest BCUT2D eigenvalue weighted by molar-refractivity contribution is 0.194. The minimum atomic E-state index is 0.800. The van der Waals surface area contributed by atoms with Gasteiger partial charge in [-0.05, 0) is 70.1 Å². The predicted octanol–water partition coefficient (Wildman–Crippen LogP) is 3.67. The van der Waals surface area contributed by atoms with Crippen molar-refractivity contribution in [2.24, 2.45) is 11.8 Å². The molecule has 2 nitrogen and oxygen atoms in total. The van der Waals surface area contributed by atoms with Crippen LogP contribution < -0.4 is 5.32 Å². The van der Waals surface area contributed by atoms with Crippen molar-refractivity contribution in [1.29, 1.82) is 0 Å². The fourth-order valence-corrected chi connectivity index (χ4v) is 3.99. The highest BCUT2D eigenvalue weighted by atomic mass is 15.1. The molecule has 2 atom stereocenters. The van der Waals surface area contributed by atoms with Crippen LogP contribution in [0.5, 0.6) is 0 Å². The van der Waals surface area contributed by atoms with E-state index in [4.69, 9.17) is 0 Å². The maximum absolute atomic E-state index is 3.82. The van der Waals surface area contributed by atoms with E-state index in [2.05, 4.69) is 24.1 Å². The standard InChI is InChI=1S/C17H34N2/c1-3-11-19-12-8-17(9-13-19)18-10-7-16-6-4-5-15(2)14-16/h15-18H,3-14H2,1-2H3. The van der Waals surface area contributed by atoms with Gasteiger partial charge < -0.3 is 10.2 Å². The Kier molecular flexibility index (Phi) is 6.66. The molecule has 0 amide bonds. The molecule has 2 fully saturated rings. The summed E-state index contributed by atoms with van der Waals surface area (Å²) in [5.41, 5.74) is 0. The van der Waals surface area contributed by atoms with Crippen LogP contribution in [-0.4, -0.2) is 37.1 Å². The van der Waals surface area contributed by atoms with E-state index < -0.39 is 0 Å². The highest BCUT2D eigenvalue weighted by molar-refractivity contribution is 4.78. The van der Waals surface area contributed by atoms with Crippen LogP contribution in [0, 0.1) is 11.8 Å². The number of nitrogens with zero attached hydrogens (tertiary/aromatic N) is 1. The summed E-state index contributed by atoms with van der Waals surface area (Å²) in [5, 5.41) is 3.82. The molecule has 0 aromatic carbocycles. The molecule has 0 bridgehead atoms. The monoisotopic (exact) mass is 266 g/mol. The van der Waals surface area contributed by atoms with Gasteiger partial charge in [-0.25, -0.2) is 0 Å². The zero-order chi connectivity index (χ0) is 13.5. The highest BCUT2D eigenvalue weighted by Crippen LogP contribution is 2.30. The van der Waals surface area contributed by atoms with Gasteiger partial charge in [0.2, 0.25) is 0 Å². The quantitative estimate of drug-likeness (QED) is 0.789. The number of piperidine rings is 1. The summed E-state index contributed by atoms with van der Waals surface area (Å²) >= 11 is 0. The van der Waals surface area contributed by atoms with Gasteiger partial charge in [-0.2, -0.15) is 0 Å². The lowest BCUT2D eigenvalue weighted by Gasteiger charge is -2.33. The number of rotatable bonds is 6. The van der Waals surface area contributed by atoms with Crippen molar-refractivity contribution >= 4 is 0 Å². The van der Waals surface area contributed by atoms with Gasteiger partial charge in [-0.15, -0.1) is 0 Å². The second-order valence-corrected chi connectivity index (χ2v) is 7.00. The van der Waals surface area contributed by atoms with Crippen molar-refractivity contribution < 1.29 is 0 Å². The van der Waals surface area contributed by atoms with Crippen molar-refractivity contribution in [3.63, 3.8) is 0 Å². The number of likely N-dealkylation sites (tertiary alicyclic amines) is 1. The molecular formula is C17H34N2. The number of hydrogen-bond acceptors (Lipinski definition) is 2. The van der Waals surface area contributed by atoms with Crippen LogP contribution in [0.25, 0.3) is 0 Å². The molecule has 2 unspecified atom stereocenters. The van der Waals surface area contributed by atoms with Gasteiger partial charge >= 0.3 is 0 Å². The summed E-state index contributed by atoms with van der Waals surface area (Å²) in [6.07, 6.45) is 11.4. The van der Waals surface area contributed by atoms with Crippen molar-refractivity contribution in [3.8, 4) is 0 Å². The molecule has 0 spiro atoms. The largest absolute Gasteiger partial charge is 0.314 e. The van der Waals surface area contributed by atoms with Crippen molar-refractivity contribution in [1.82, 2.24) is 10.2 Å². The van der Waals surface area contributed by atoms with Gasteiger partial charge in [0.05, 0.1) is 0 Å². The Hall–Kier alpha value is -0.0800. The molecule has 19 heavy (non-hydrogen) atoms. The third-order valence-electron chi connectivity index (χ3n) is 5.16. The van der Waals surface area contributed by atoms with E-state index in [1.807, 2.05) is 0 Å². The zero-order valence-electron chi connectivity index (χ0n) is 13.2. The fourth-order valence-electron chi connectivity index (χ4n) is 3.99. The first-order chi connectivity index (χ1) is 9.28. The SMILES string of the molecule is CCCN1CCC(NCCC2CCCC(C)C2)CC1. The molecule has 1 aliphatic heterocycles. The topological polar surface area (TPSA) is 15.3 Å². The molecule has 1 heterocycles. The van der Waals surface area contributed by atoms with E-state index in [-0.39, 0.29) is 0 Å². The summed E-state index contributed by atoms with van der Waals surface area (Å²) in [6.45, 7) is 9.90. The Bertz CT molecular complexity index is 233. The highest BCUT2D eigenvalue weighted by Gasteiger charge is 2.20. The summed E-state index contributed by atoms with van der Waals surface area (Å²) < 4.78 is 0. The predicted molar refractivity (Wildman–Crippen MR) is 83.5 cm³/mol. The first-order valence-corrected chi connectivity index (χ1v) is 8.73. The first-order valence-electron chi connectivity index (χ1n) is 8.73. The Morgan fingerprint density at radius 2 is 1.89 bits per heavy atom. The Morgan fingerprint density at radius 1 is 1.11 bits per heavy atom. The Balaban J connectivity index is 1.54. The van der Waals surface area contributed by atoms with Crippen molar-refractivity contribution in [2.45, 2.75) is 71.3 Å². The van der Waals surface area contributed by atoms with Crippen LogP contribution in [0.15, 0.2) is 0 Å². The van der Waals surface area contributed by atoms with E-state index >= 15 is 0 Å². The average molecular weight is 266 g/mol. The smallest absolute Gasteiger partial charge is 0.00914 e. The Morgan fingerprint density at radius 3 is 2.58 bits per heavy atom. The minimum absolute atomic E-state index is 0.800. The molecule has 2 rings (SSSR count). The van der Waals surface area contributed by atoms with Crippen LogP contribution in [0.2, 0.25) is 0 Å². The van der Waals surface area contributed by atoms with E-state index in [1.165, 1.54) is 77.5 Å². The Labute approximate surface area is 120 Å². The summed E-state index contributed by atoms with van der Waals surface area (Å²) in [6, 6.07) is 0.800. The molecule has 112 valence electrons. The molecule has 1 N–H and O–H groups in total. The van der Waals surface area contributed by atoms with Gasteiger partial charge in [0.25, 0.3) is 0 Å². The third kappa shape index (κ3) is 5.43. The molecule has 1 aliphatic carbocycles. The second kappa shape index (κ2) is 8.26. The molecule has 2 aliphatic rings. The van der Waals surface area contributed by atoms with Gasteiger partial charge in [-0.3, -0.25) is 0 Å². The van der Waals surface area contributed by atoms with Gasteiger partial charge in [-0.1, -0.05) is 33.1 Å². The van der Waals surface area contributed by atoms with Gasteiger partial charge in [0.1, 0.15) is 0 Å². The van der Waals surface area contributed by atoms with E-state index in [1.54, 1.807) is 0 Å². The fraction of sp³-hybridized carbons (Fsp3) is 1.00. The molecule has 2 heteroatoms. The molecule has 0 aromatic heterocycles. The van der Waals surface area contributed by atoms with Crippen LogP contribution in [0.4, 0.5) is 0 Å². The third-order valence-corrected chi connectivity index (χ3v) is 5.16. The lowest BCUT2D eigenvalue weighted by atomic mass is 9.81. The van der Waals surface area contributed by atoms with Crippen molar-refractivity contribution in [3.05, 3.63) is 0 Å². The van der Waals surface area contributed by atoms with Crippen molar-refractivity contribution in [2.75, 3.05) is 26.2 Å². The van der Waals surface area contributed by atoms with Gasteiger partial charge in [0, 0.05) is 6.04 Å². The average Bonchev–Trinajstić information content (AvgIpc) is 2.41. The summed E-state index contributed by atoms with van der Waals surface area (Å²) in [5.74, 6) is 1.99. The number of nitrogens with one attached hydrogen (secondary N) is 1. The summed E-state index contributed by atoms with van der Waals surface area (Å²) in [4.78, 5) is 2.63. The van der Waals surface area contributed by atoms with E-state index in [0.29, 0.717) is 0 Å². The molecule has 1 saturated carbocycles. The van der Waals surface area contributed by atoms with E-state index in [9.17, 15) is 0 Å². The van der Waals surface area contributed by atoms with Crippen LogP contribution in [0.3, 0.4) is 0 Å². The summed E-state index contributed by atoms with van der Waals surface area (Å²) in [7, 11) is 0. The zero-order valence-corrected chi connectivity index (χ0v) is 13.2. The lowest BCUT2D eigenvalue weighted by Crippen LogP contribution is -2.43. The van der Waals surface area contributed by atoms with Crippen LogP contribution in [0.1, 0.15) is 65.2 Å². The van der Waals surface area contributed by atoms with Crippen LogP contribution >= 0.6 is 0 Å². The molecule has 0 radical (unpaired) electrons. The van der Waals surface area contributed by atoms with Gasteiger partial charge in [0.15, 0.2) is 0 Å². The maximum Gasteiger partial charge on any atom is 0.00914 e. The normalized spacial score (nSPS) is 30.6. The molecule has 1 saturated heterocycles. The van der Waals surface area contributed by atoms with Crippen LogP contribution in [-0.2, 0) is 0 Å². The molecule has 0 aromatic rings. The van der Waals surface area contributed by atoms with E-state index in [0.717, 1.165) is 17.9 Å². The number of hydrogen-bond donors (Lipinski definition) is 1. The molecular weight excluding hydrogens is 232 g/mol. The second-order valence-electron chi connectivity index (χ2n) is 7.00. The maximum atomic E-state index is 3.82. The first kappa shape index (κ1) is 15.3. The minimum Gasteiger partial charge on any atom is -0.314 e.